The number of hydrogen-bond acceptors (Lipinski definition) is 2. The lowest BCUT2D eigenvalue weighted by Gasteiger charge is -2.08. The summed E-state index contributed by atoms with van der Waals surface area (Å²) in [5.41, 5.74) is 3.48. The van der Waals surface area contributed by atoms with Crippen molar-refractivity contribution in [1.29, 1.82) is 0 Å². The van der Waals surface area contributed by atoms with Crippen LogP contribution in [0.5, 0.6) is 0 Å². The standard InChI is InChI=1S/C13H14O2/c1-3-9-4-6-11-10(8-9)5-7-12(11)13(14)15-2/h3-4,6,8,12H,1,5,7H2,2H3. The number of esters is 1. The SMILES string of the molecule is C=Cc1ccc2c(c1)CCC2C(=O)OC. The van der Waals surface area contributed by atoms with E-state index in [1.807, 2.05) is 18.2 Å². The fourth-order valence-electron chi connectivity index (χ4n) is 2.15. The Balaban J connectivity index is 2.36. The molecular formula is C13H14O2. The topological polar surface area (TPSA) is 26.3 Å². The van der Waals surface area contributed by atoms with Gasteiger partial charge in [0.05, 0.1) is 13.0 Å². The molecule has 0 heterocycles. The number of hydrogen-bond donors (Lipinski definition) is 0. The molecule has 1 unspecified atom stereocenters. The van der Waals surface area contributed by atoms with Gasteiger partial charge < -0.3 is 4.74 Å². The first-order valence-electron chi connectivity index (χ1n) is 5.09. The maximum Gasteiger partial charge on any atom is 0.313 e. The summed E-state index contributed by atoms with van der Waals surface area (Å²) in [4.78, 5) is 11.5. The van der Waals surface area contributed by atoms with Gasteiger partial charge in [0.15, 0.2) is 0 Å². The average molecular weight is 202 g/mol. The van der Waals surface area contributed by atoms with Crippen molar-refractivity contribution in [1.82, 2.24) is 0 Å². The predicted octanol–water partition coefficient (Wildman–Crippen LogP) is 2.53. The van der Waals surface area contributed by atoms with Gasteiger partial charge in [0.25, 0.3) is 0 Å². The van der Waals surface area contributed by atoms with Gasteiger partial charge >= 0.3 is 5.97 Å². The minimum Gasteiger partial charge on any atom is -0.469 e. The van der Waals surface area contributed by atoms with Gasteiger partial charge in [0.2, 0.25) is 0 Å². The van der Waals surface area contributed by atoms with E-state index in [1.54, 1.807) is 0 Å². The fraction of sp³-hybridized carbons (Fsp3) is 0.308. The number of aryl methyl sites for hydroxylation is 1. The zero-order chi connectivity index (χ0) is 10.8. The van der Waals surface area contributed by atoms with Crippen molar-refractivity contribution in [3.05, 3.63) is 41.5 Å². The Morgan fingerprint density at radius 3 is 3.07 bits per heavy atom. The van der Waals surface area contributed by atoms with Crippen molar-refractivity contribution in [2.45, 2.75) is 18.8 Å². The van der Waals surface area contributed by atoms with Crippen LogP contribution in [0, 0.1) is 0 Å². The van der Waals surface area contributed by atoms with E-state index in [9.17, 15) is 4.79 Å². The number of carbonyl (C=O) groups is 1. The monoisotopic (exact) mass is 202 g/mol. The summed E-state index contributed by atoms with van der Waals surface area (Å²) in [6.45, 7) is 3.74. The van der Waals surface area contributed by atoms with Gasteiger partial charge in [-0.1, -0.05) is 30.9 Å². The maximum absolute atomic E-state index is 11.5. The summed E-state index contributed by atoms with van der Waals surface area (Å²) in [6.07, 6.45) is 3.64. The number of methoxy groups -OCH3 is 1. The Morgan fingerprint density at radius 2 is 2.40 bits per heavy atom. The summed E-state index contributed by atoms with van der Waals surface area (Å²) in [6, 6.07) is 6.11. The second-order valence-electron chi connectivity index (χ2n) is 3.78. The van der Waals surface area contributed by atoms with Crippen LogP contribution in [0.15, 0.2) is 24.8 Å². The third kappa shape index (κ3) is 1.67. The Kier molecular flexibility index (Phi) is 2.58. The average Bonchev–Trinajstić information content (AvgIpc) is 2.70. The molecule has 0 bridgehead atoms. The molecule has 2 rings (SSSR count). The number of benzene rings is 1. The van der Waals surface area contributed by atoms with Crippen LogP contribution in [0.25, 0.3) is 6.08 Å². The largest absolute Gasteiger partial charge is 0.469 e. The lowest BCUT2D eigenvalue weighted by Crippen LogP contribution is -2.11. The van der Waals surface area contributed by atoms with E-state index in [1.165, 1.54) is 12.7 Å². The van der Waals surface area contributed by atoms with Crippen LogP contribution in [0.1, 0.15) is 29.0 Å². The fourth-order valence-corrected chi connectivity index (χ4v) is 2.15. The van der Waals surface area contributed by atoms with Gasteiger partial charge in [-0.2, -0.15) is 0 Å². The quantitative estimate of drug-likeness (QED) is 0.689. The Labute approximate surface area is 89.6 Å². The highest BCUT2D eigenvalue weighted by Gasteiger charge is 2.28. The molecule has 0 aromatic heterocycles. The van der Waals surface area contributed by atoms with Crippen molar-refractivity contribution in [3.8, 4) is 0 Å². The highest BCUT2D eigenvalue weighted by molar-refractivity contribution is 5.79. The molecule has 1 aliphatic carbocycles. The molecule has 1 aromatic rings. The normalized spacial score (nSPS) is 18.3. The van der Waals surface area contributed by atoms with Gasteiger partial charge in [-0.3, -0.25) is 4.79 Å². The Morgan fingerprint density at radius 1 is 1.60 bits per heavy atom. The molecule has 78 valence electrons. The molecule has 1 aromatic carbocycles. The van der Waals surface area contributed by atoms with Crippen LogP contribution in [0.4, 0.5) is 0 Å². The van der Waals surface area contributed by atoms with Gasteiger partial charge in [-0.25, -0.2) is 0 Å². The molecule has 1 aliphatic rings. The minimum absolute atomic E-state index is 0.0659. The number of fused-ring (bicyclic) bond motifs is 1. The molecular weight excluding hydrogens is 188 g/mol. The molecule has 0 saturated heterocycles. The van der Waals surface area contributed by atoms with Crippen molar-refractivity contribution in [2.75, 3.05) is 7.11 Å². The van der Waals surface area contributed by atoms with Gasteiger partial charge in [0, 0.05) is 0 Å². The molecule has 0 amide bonds. The predicted molar refractivity (Wildman–Crippen MR) is 59.6 cm³/mol. The molecule has 0 saturated carbocycles. The molecule has 2 heteroatoms. The third-order valence-corrected chi connectivity index (χ3v) is 2.97. The summed E-state index contributed by atoms with van der Waals surface area (Å²) in [7, 11) is 1.44. The van der Waals surface area contributed by atoms with Crippen LogP contribution in [-0.2, 0) is 16.0 Å². The highest BCUT2D eigenvalue weighted by Crippen LogP contribution is 2.34. The molecule has 0 fully saturated rings. The Hall–Kier alpha value is -1.57. The van der Waals surface area contributed by atoms with E-state index in [4.69, 9.17) is 4.74 Å². The zero-order valence-electron chi connectivity index (χ0n) is 8.82. The zero-order valence-corrected chi connectivity index (χ0v) is 8.82. The highest BCUT2D eigenvalue weighted by atomic mass is 16.5. The van der Waals surface area contributed by atoms with Crippen molar-refractivity contribution in [3.63, 3.8) is 0 Å². The number of ether oxygens (including phenoxy) is 1. The van der Waals surface area contributed by atoms with Gasteiger partial charge in [-0.15, -0.1) is 0 Å². The van der Waals surface area contributed by atoms with Crippen LogP contribution in [0.3, 0.4) is 0 Å². The lowest BCUT2D eigenvalue weighted by molar-refractivity contribution is -0.142. The van der Waals surface area contributed by atoms with E-state index in [0.717, 1.165) is 24.0 Å². The smallest absolute Gasteiger partial charge is 0.313 e. The molecule has 0 N–H and O–H groups in total. The van der Waals surface area contributed by atoms with E-state index >= 15 is 0 Å². The summed E-state index contributed by atoms with van der Waals surface area (Å²) in [5, 5.41) is 0. The van der Waals surface area contributed by atoms with Crippen LogP contribution in [0.2, 0.25) is 0 Å². The van der Waals surface area contributed by atoms with Crippen LogP contribution >= 0.6 is 0 Å². The van der Waals surface area contributed by atoms with Crippen LogP contribution < -0.4 is 0 Å². The molecule has 0 spiro atoms. The summed E-state index contributed by atoms with van der Waals surface area (Å²) >= 11 is 0. The molecule has 2 nitrogen and oxygen atoms in total. The van der Waals surface area contributed by atoms with Crippen LogP contribution in [-0.4, -0.2) is 13.1 Å². The third-order valence-electron chi connectivity index (χ3n) is 2.97. The number of rotatable bonds is 2. The number of carbonyl (C=O) groups excluding carboxylic acids is 1. The first-order valence-corrected chi connectivity index (χ1v) is 5.09. The molecule has 0 aliphatic heterocycles. The minimum atomic E-state index is -0.125. The molecule has 0 radical (unpaired) electrons. The summed E-state index contributed by atoms with van der Waals surface area (Å²) in [5.74, 6) is -0.191. The molecule has 1 atom stereocenters. The maximum atomic E-state index is 11.5. The second kappa shape index (κ2) is 3.89. The van der Waals surface area contributed by atoms with Gasteiger partial charge in [0.1, 0.15) is 0 Å². The first-order chi connectivity index (χ1) is 7.26. The van der Waals surface area contributed by atoms with Crippen molar-refractivity contribution < 1.29 is 9.53 Å². The van der Waals surface area contributed by atoms with Crippen molar-refractivity contribution in [2.24, 2.45) is 0 Å². The van der Waals surface area contributed by atoms with E-state index in [0.29, 0.717) is 0 Å². The Bertz CT molecular complexity index is 407. The van der Waals surface area contributed by atoms with Gasteiger partial charge in [-0.05, 0) is 29.5 Å². The van der Waals surface area contributed by atoms with E-state index in [-0.39, 0.29) is 11.9 Å². The van der Waals surface area contributed by atoms with Crippen molar-refractivity contribution >= 4 is 12.0 Å². The lowest BCUT2D eigenvalue weighted by atomic mass is 10.00. The first kappa shape index (κ1) is 9.97. The van der Waals surface area contributed by atoms with E-state index < -0.39 is 0 Å². The summed E-state index contributed by atoms with van der Waals surface area (Å²) < 4.78 is 4.79. The second-order valence-corrected chi connectivity index (χ2v) is 3.78. The van der Waals surface area contributed by atoms with E-state index in [2.05, 4.69) is 12.6 Å². The molecule has 15 heavy (non-hydrogen) atoms.